The normalized spacial score (nSPS) is 39.6. The number of ketones is 2. The van der Waals surface area contributed by atoms with E-state index in [1.807, 2.05) is 32.9 Å². The van der Waals surface area contributed by atoms with Crippen molar-refractivity contribution in [1.29, 1.82) is 0 Å². The van der Waals surface area contributed by atoms with Gasteiger partial charge in [-0.05, 0) is 100.0 Å². The number of aliphatic hydroxyl groups is 2. The first-order valence-corrected chi connectivity index (χ1v) is 21.9. The molecule has 336 valence electrons. The molecule has 1 aromatic heterocycles. The lowest BCUT2D eigenvalue weighted by Crippen LogP contribution is -2.64. The van der Waals surface area contributed by atoms with Crippen molar-refractivity contribution >= 4 is 23.4 Å². The number of Topliss-reactive ketones (excluding diaryl/α,β-unsaturated/α-hetero) is 2. The molecule has 1 saturated carbocycles. The van der Waals surface area contributed by atoms with E-state index in [0.717, 1.165) is 18.4 Å². The fourth-order valence-electron chi connectivity index (χ4n) is 10.1. The third-order valence-corrected chi connectivity index (χ3v) is 13.6. The number of ether oxygens (including phenoxy) is 5. The van der Waals surface area contributed by atoms with Gasteiger partial charge in [-0.25, -0.2) is 9.48 Å². The van der Waals surface area contributed by atoms with E-state index in [1.54, 1.807) is 32.0 Å². The molecule has 0 radical (unpaired) electrons. The Morgan fingerprint density at radius 2 is 1.72 bits per heavy atom. The molecule has 4 aliphatic rings. The van der Waals surface area contributed by atoms with Crippen LogP contribution in [0.3, 0.4) is 0 Å². The second-order valence-electron chi connectivity index (χ2n) is 18.0. The second-order valence-corrected chi connectivity index (χ2v) is 18.0. The molecule has 1 amide bonds. The van der Waals surface area contributed by atoms with Crippen LogP contribution in [-0.2, 0) is 48.4 Å². The van der Waals surface area contributed by atoms with Gasteiger partial charge < -0.3 is 38.8 Å². The molecule has 2 bridgehead atoms. The number of amides is 1. The average molecular weight is 844 g/mol. The highest BCUT2D eigenvalue weighted by molar-refractivity contribution is 6.39. The van der Waals surface area contributed by atoms with E-state index >= 15 is 0 Å². The summed E-state index contributed by atoms with van der Waals surface area (Å²) in [6, 6.07) is -1.17. The summed E-state index contributed by atoms with van der Waals surface area (Å²) < 4.78 is 31.9. The molecule has 1 aliphatic carbocycles. The van der Waals surface area contributed by atoms with Gasteiger partial charge >= 0.3 is 5.97 Å². The Kier molecular flexibility index (Phi) is 16.4. The minimum absolute atomic E-state index is 0.0251. The van der Waals surface area contributed by atoms with Crippen molar-refractivity contribution in [3.05, 3.63) is 29.6 Å². The predicted molar refractivity (Wildman–Crippen MR) is 219 cm³/mol. The largest absolute Gasteiger partial charge is 0.456 e. The highest BCUT2D eigenvalue weighted by atomic mass is 16.7. The first-order chi connectivity index (χ1) is 28.5. The van der Waals surface area contributed by atoms with Crippen molar-refractivity contribution in [2.24, 2.45) is 23.7 Å². The maximum Gasteiger partial charge on any atom is 0.329 e. The molecule has 13 unspecified atom stereocenters. The molecule has 5 rings (SSSR count). The van der Waals surface area contributed by atoms with Crippen molar-refractivity contribution < 1.29 is 53.1 Å². The van der Waals surface area contributed by atoms with Crippen LogP contribution in [0.1, 0.15) is 119 Å². The van der Waals surface area contributed by atoms with Gasteiger partial charge in [0.1, 0.15) is 30.4 Å². The molecule has 4 heterocycles. The van der Waals surface area contributed by atoms with E-state index in [4.69, 9.17) is 23.7 Å². The molecule has 3 aliphatic heterocycles. The highest BCUT2D eigenvalue weighted by Crippen LogP contribution is 2.41. The molecule has 0 spiro atoms. The summed E-state index contributed by atoms with van der Waals surface area (Å²) >= 11 is 0. The molecule has 16 heteroatoms. The molecule has 2 N–H and O–H groups in total. The number of cyclic esters (lactones) is 1. The molecule has 2 saturated heterocycles. The summed E-state index contributed by atoms with van der Waals surface area (Å²) in [6.07, 6.45) is 6.90. The van der Waals surface area contributed by atoms with Crippen molar-refractivity contribution in [3.63, 3.8) is 0 Å². The number of aromatic nitrogens is 4. The minimum atomic E-state index is -2.52. The topological polar surface area (TPSA) is 202 Å². The van der Waals surface area contributed by atoms with Gasteiger partial charge in [0.2, 0.25) is 5.79 Å². The van der Waals surface area contributed by atoms with Crippen LogP contribution in [0.2, 0.25) is 0 Å². The van der Waals surface area contributed by atoms with Crippen LogP contribution in [-0.4, -0.2) is 135 Å². The first-order valence-electron chi connectivity index (χ1n) is 21.9. The Labute approximate surface area is 354 Å². The van der Waals surface area contributed by atoms with Gasteiger partial charge in [-0.3, -0.25) is 14.4 Å². The summed E-state index contributed by atoms with van der Waals surface area (Å²) in [5, 5.41) is 36.0. The van der Waals surface area contributed by atoms with Gasteiger partial charge in [0.05, 0.1) is 30.0 Å². The van der Waals surface area contributed by atoms with Crippen molar-refractivity contribution in [3.8, 4) is 0 Å². The van der Waals surface area contributed by atoms with Crippen LogP contribution in [0.25, 0.3) is 0 Å². The van der Waals surface area contributed by atoms with E-state index in [2.05, 4.69) is 22.4 Å². The third kappa shape index (κ3) is 10.4. The maximum absolute atomic E-state index is 14.5. The number of piperidine rings is 1. The van der Waals surface area contributed by atoms with Gasteiger partial charge in [0.15, 0.2) is 0 Å². The lowest BCUT2D eigenvalue weighted by atomic mass is 9.77. The Morgan fingerprint density at radius 1 is 1.00 bits per heavy atom. The van der Waals surface area contributed by atoms with Gasteiger partial charge in [-0.1, -0.05) is 45.4 Å². The number of methoxy groups -OCH3 is 3. The summed E-state index contributed by atoms with van der Waals surface area (Å²) in [5.41, 5.74) is 0.836. The molecular weight excluding hydrogens is 775 g/mol. The summed E-state index contributed by atoms with van der Waals surface area (Å²) in [4.78, 5) is 58.4. The third-order valence-electron chi connectivity index (χ3n) is 13.6. The predicted octanol–water partition coefficient (Wildman–Crippen LogP) is 4.27. The van der Waals surface area contributed by atoms with Crippen LogP contribution in [0.15, 0.2) is 29.6 Å². The monoisotopic (exact) mass is 843 g/mol. The quantitative estimate of drug-likeness (QED) is 0.224. The van der Waals surface area contributed by atoms with E-state index in [0.29, 0.717) is 50.5 Å². The van der Waals surface area contributed by atoms with Crippen LogP contribution < -0.4 is 0 Å². The summed E-state index contributed by atoms with van der Waals surface area (Å²) in [6.45, 7) is 11.2. The molecule has 3 fully saturated rings. The average Bonchev–Trinajstić information content (AvgIpc) is 3.80. The van der Waals surface area contributed by atoms with Gasteiger partial charge in [-0.2, -0.15) is 0 Å². The van der Waals surface area contributed by atoms with Gasteiger partial charge in [0, 0.05) is 58.5 Å². The van der Waals surface area contributed by atoms with E-state index in [9.17, 15) is 29.4 Å². The number of carbonyl (C=O) groups is 4. The van der Waals surface area contributed by atoms with Gasteiger partial charge in [-0.15, -0.1) is 5.10 Å². The highest BCUT2D eigenvalue weighted by Gasteiger charge is 2.56. The number of esters is 1. The number of hydrogen-bond donors (Lipinski definition) is 2. The fraction of sp³-hybridized carbons (Fsp3) is 0.795. The first kappa shape index (κ1) is 47.6. The lowest BCUT2D eigenvalue weighted by molar-refractivity contribution is -0.302. The number of nitrogens with zero attached hydrogens (tertiary/aromatic N) is 5. The number of carbonyl (C=O) groups excluding carboxylic acids is 4. The van der Waals surface area contributed by atoms with Crippen LogP contribution in [0, 0.1) is 23.7 Å². The summed E-state index contributed by atoms with van der Waals surface area (Å²) in [7, 11) is 4.73. The Bertz CT molecular complexity index is 1700. The smallest absolute Gasteiger partial charge is 0.329 e. The molecular formula is C44H69N5O11. The van der Waals surface area contributed by atoms with Crippen molar-refractivity contribution in [2.45, 2.75) is 173 Å². The number of rotatable bonds is 7. The molecule has 13 atom stereocenters. The standard InChI is InChI=1S/C44H69N5O11/c1-10-31-19-26(2)18-27(3)20-36(57-8)39-37(58-9)21-29(5)44(55,60-39)40(52)41(53)48-17-12-11-15-33(48)42(54)59-38(30(6)34(50)22-35(31)51)28(4)23-43(49-25-45-46-47-49)16-13-14-32(24-43)56-7/h19,23,25,27,29-34,36-39,50,55H,10-18,20-22,24H2,1-9H3/b26-19+,28-23?. The minimum Gasteiger partial charge on any atom is -0.456 e. The number of aliphatic hydroxyl groups excluding tert-OH is 1. The number of fused-ring (bicyclic) bond motifs is 3. The maximum atomic E-state index is 14.5. The number of hydrogen-bond acceptors (Lipinski definition) is 14. The van der Waals surface area contributed by atoms with Gasteiger partial charge in [0.25, 0.3) is 11.7 Å². The second kappa shape index (κ2) is 20.6. The zero-order valence-corrected chi connectivity index (χ0v) is 37.1. The van der Waals surface area contributed by atoms with Crippen LogP contribution in [0.4, 0.5) is 0 Å². The number of tetrazole rings is 1. The van der Waals surface area contributed by atoms with Crippen LogP contribution >= 0.6 is 0 Å². The zero-order chi connectivity index (χ0) is 43.9. The fourth-order valence-corrected chi connectivity index (χ4v) is 10.1. The van der Waals surface area contributed by atoms with Crippen molar-refractivity contribution in [1.82, 2.24) is 25.1 Å². The molecule has 16 nitrogen and oxygen atoms in total. The number of allylic oxidation sites excluding steroid dienone is 3. The zero-order valence-electron chi connectivity index (χ0n) is 37.1. The SMILES string of the molecule is CCC1/C=C(\C)CC(C)CC(OC)C2OC(O)(C(=O)C(=O)N3CCCCC3C(=O)OC(C(C)=CC3(n4cnnn4)CCCC(OC)C3)C(C)C(O)CC1=O)C(C)CC2OC. The Hall–Kier alpha value is -3.41. The molecule has 0 aromatic carbocycles. The lowest BCUT2D eigenvalue weighted by Gasteiger charge is -2.47. The van der Waals surface area contributed by atoms with E-state index in [1.165, 1.54) is 19.1 Å². The molecule has 60 heavy (non-hydrogen) atoms. The van der Waals surface area contributed by atoms with E-state index < -0.39 is 83.3 Å². The Morgan fingerprint density at radius 3 is 2.37 bits per heavy atom. The Balaban J connectivity index is 1.58. The van der Waals surface area contributed by atoms with E-state index in [-0.39, 0.29) is 43.6 Å². The van der Waals surface area contributed by atoms with Crippen molar-refractivity contribution in [2.75, 3.05) is 27.9 Å². The van der Waals surface area contributed by atoms with Crippen LogP contribution in [0.5, 0.6) is 0 Å². The summed E-state index contributed by atoms with van der Waals surface area (Å²) in [5.74, 6) is -7.67. The molecule has 1 aromatic rings.